The molecule has 0 N–H and O–H groups in total. The Balaban J connectivity index is 3.43. The second-order valence-corrected chi connectivity index (χ2v) is 4.10. The Morgan fingerprint density at radius 1 is 1.31 bits per heavy atom. The second-order valence-electron chi connectivity index (χ2n) is 2.53. The molecule has 0 amide bonds. The summed E-state index contributed by atoms with van der Waals surface area (Å²) in [4.78, 5) is 0. The molecule has 5 heteroatoms. The van der Waals surface area contributed by atoms with Crippen molar-refractivity contribution < 1.29 is 13.2 Å². The predicted molar refractivity (Wildman–Crippen MR) is 53.9 cm³/mol. The predicted octanol–water partition coefficient (Wildman–Crippen LogP) is 4.27. The first-order valence-corrected chi connectivity index (χ1v) is 4.81. The van der Waals surface area contributed by atoms with Gasteiger partial charge in [0, 0.05) is 3.57 Å². The Morgan fingerprint density at radius 3 is 2.23 bits per heavy atom. The summed E-state index contributed by atoms with van der Waals surface area (Å²) < 4.78 is 37.8. The SMILES string of the molecule is Cc1c(I)ccc(Cl)c1C(F)(F)F. The highest BCUT2D eigenvalue weighted by molar-refractivity contribution is 14.1. The molecule has 0 saturated carbocycles. The number of alkyl halides is 3. The normalized spacial score (nSPS) is 11.8. The van der Waals surface area contributed by atoms with Gasteiger partial charge in [-0.15, -0.1) is 0 Å². The lowest BCUT2D eigenvalue weighted by atomic mass is 10.1. The van der Waals surface area contributed by atoms with Gasteiger partial charge < -0.3 is 0 Å². The Kier molecular flexibility index (Phi) is 3.12. The molecule has 0 atom stereocenters. The molecule has 0 unspecified atom stereocenters. The maximum atomic E-state index is 12.4. The van der Waals surface area contributed by atoms with E-state index < -0.39 is 11.7 Å². The molecule has 0 aliphatic rings. The first kappa shape index (κ1) is 11.1. The van der Waals surface area contributed by atoms with Gasteiger partial charge in [0.2, 0.25) is 0 Å². The highest BCUT2D eigenvalue weighted by atomic mass is 127. The van der Waals surface area contributed by atoms with E-state index in [9.17, 15) is 13.2 Å². The summed E-state index contributed by atoms with van der Waals surface area (Å²) in [5, 5.41) is -0.245. The molecule has 0 bridgehead atoms. The van der Waals surface area contributed by atoms with Gasteiger partial charge in [0.15, 0.2) is 0 Å². The summed E-state index contributed by atoms with van der Waals surface area (Å²) in [6.07, 6.45) is -4.37. The van der Waals surface area contributed by atoms with Gasteiger partial charge in [0.25, 0.3) is 0 Å². The molecule has 0 nitrogen and oxygen atoms in total. The lowest BCUT2D eigenvalue weighted by Crippen LogP contribution is -2.09. The van der Waals surface area contributed by atoms with E-state index in [1.165, 1.54) is 13.0 Å². The molecule has 72 valence electrons. The molecule has 0 aliphatic carbocycles. The first-order valence-electron chi connectivity index (χ1n) is 3.36. The third-order valence-electron chi connectivity index (χ3n) is 1.63. The molecule has 1 rings (SSSR count). The van der Waals surface area contributed by atoms with Crippen LogP contribution in [0.3, 0.4) is 0 Å². The van der Waals surface area contributed by atoms with E-state index >= 15 is 0 Å². The van der Waals surface area contributed by atoms with Crippen molar-refractivity contribution in [1.29, 1.82) is 0 Å². The minimum absolute atomic E-state index is 0.181. The van der Waals surface area contributed by atoms with Crippen molar-refractivity contribution in [1.82, 2.24) is 0 Å². The van der Waals surface area contributed by atoms with Crippen LogP contribution in [-0.2, 0) is 6.18 Å². The number of benzene rings is 1. The molecule has 1 aromatic rings. The monoisotopic (exact) mass is 320 g/mol. The smallest absolute Gasteiger partial charge is 0.166 e. The van der Waals surface area contributed by atoms with E-state index in [0.29, 0.717) is 3.57 Å². The van der Waals surface area contributed by atoms with E-state index in [1.54, 1.807) is 6.07 Å². The Hall–Kier alpha value is 0.0300. The quantitative estimate of drug-likeness (QED) is 0.626. The zero-order valence-corrected chi connectivity index (χ0v) is 9.46. The summed E-state index contributed by atoms with van der Waals surface area (Å²) in [6, 6.07) is 2.83. The summed E-state index contributed by atoms with van der Waals surface area (Å²) >= 11 is 7.31. The summed E-state index contributed by atoms with van der Waals surface area (Å²) in [5.74, 6) is 0. The molecule has 0 heterocycles. The van der Waals surface area contributed by atoms with E-state index in [0.717, 1.165) is 0 Å². The first-order chi connectivity index (χ1) is 5.84. The zero-order chi connectivity index (χ0) is 10.2. The van der Waals surface area contributed by atoms with Crippen LogP contribution in [0.4, 0.5) is 13.2 Å². The summed E-state index contributed by atoms with van der Waals surface area (Å²) in [5.41, 5.74) is -0.554. The molecular weight excluding hydrogens is 315 g/mol. The third-order valence-corrected chi connectivity index (χ3v) is 3.12. The molecule has 0 radical (unpaired) electrons. The fourth-order valence-electron chi connectivity index (χ4n) is 1.00. The maximum Gasteiger partial charge on any atom is 0.418 e. The topological polar surface area (TPSA) is 0 Å². The number of rotatable bonds is 0. The van der Waals surface area contributed by atoms with Crippen LogP contribution in [0.15, 0.2) is 12.1 Å². The highest BCUT2D eigenvalue weighted by Gasteiger charge is 2.35. The van der Waals surface area contributed by atoms with Crippen LogP contribution in [-0.4, -0.2) is 0 Å². The van der Waals surface area contributed by atoms with Gasteiger partial charge >= 0.3 is 6.18 Å². The molecular formula is C8H5ClF3I. The van der Waals surface area contributed by atoms with Gasteiger partial charge in [0.05, 0.1) is 10.6 Å². The van der Waals surface area contributed by atoms with E-state index in [2.05, 4.69) is 0 Å². The van der Waals surface area contributed by atoms with Gasteiger partial charge in [-0.1, -0.05) is 11.6 Å². The average Bonchev–Trinajstić information content (AvgIpc) is 1.95. The number of halogens is 5. The zero-order valence-electron chi connectivity index (χ0n) is 6.54. The lowest BCUT2D eigenvalue weighted by molar-refractivity contribution is -0.138. The van der Waals surface area contributed by atoms with Gasteiger partial charge in [0.1, 0.15) is 0 Å². The van der Waals surface area contributed by atoms with Gasteiger partial charge in [-0.3, -0.25) is 0 Å². The fraction of sp³-hybridized carbons (Fsp3) is 0.250. The van der Waals surface area contributed by atoms with Crippen molar-refractivity contribution in [2.75, 3.05) is 0 Å². The lowest BCUT2D eigenvalue weighted by Gasteiger charge is -2.12. The van der Waals surface area contributed by atoms with Crippen LogP contribution >= 0.6 is 34.2 Å². The standard InChI is InChI=1S/C8H5ClF3I/c1-4-6(13)3-2-5(9)7(4)8(10,11)12/h2-3H,1H3. The molecule has 0 aromatic heterocycles. The van der Waals surface area contributed by atoms with Gasteiger partial charge in [-0.05, 0) is 47.2 Å². The third kappa shape index (κ3) is 2.28. The largest absolute Gasteiger partial charge is 0.418 e. The molecule has 0 aliphatic heterocycles. The molecule has 0 spiro atoms. The van der Waals surface area contributed by atoms with Crippen molar-refractivity contribution in [3.8, 4) is 0 Å². The van der Waals surface area contributed by atoms with Crippen LogP contribution in [0.5, 0.6) is 0 Å². The van der Waals surface area contributed by atoms with E-state index in [-0.39, 0.29) is 10.6 Å². The van der Waals surface area contributed by atoms with E-state index in [1.807, 2.05) is 22.6 Å². The van der Waals surface area contributed by atoms with Crippen LogP contribution < -0.4 is 0 Å². The number of hydrogen-bond acceptors (Lipinski definition) is 0. The average molecular weight is 320 g/mol. The minimum atomic E-state index is -4.37. The molecule has 0 fully saturated rings. The van der Waals surface area contributed by atoms with E-state index in [4.69, 9.17) is 11.6 Å². The van der Waals surface area contributed by atoms with Crippen LogP contribution in [0, 0.1) is 10.5 Å². The number of hydrogen-bond donors (Lipinski definition) is 0. The van der Waals surface area contributed by atoms with Crippen LogP contribution in [0.2, 0.25) is 5.02 Å². The fourth-order valence-corrected chi connectivity index (χ4v) is 1.76. The molecule has 0 saturated heterocycles. The van der Waals surface area contributed by atoms with Crippen molar-refractivity contribution in [3.63, 3.8) is 0 Å². The summed E-state index contributed by atoms with van der Waals surface area (Å²) in [7, 11) is 0. The Morgan fingerprint density at radius 2 is 1.85 bits per heavy atom. The second kappa shape index (κ2) is 3.65. The Bertz CT molecular complexity index is 333. The van der Waals surface area contributed by atoms with Crippen molar-refractivity contribution >= 4 is 34.2 Å². The van der Waals surface area contributed by atoms with Crippen LogP contribution in [0.25, 0.3) is 0 Å². The van der Waals surface area contributed by atoms with Crippen molar-refractivity contribution in [2.45, 2.75) is 13.1 Å². The van der Waals surface area contributed by atoms with Gasteiger partial charge in [-0.25, -0.2) is 0 Å². The molecule has 1 aromatic carbocycles. The maximum absolute atomic E-state index is 12.4. The van der Waals surface area contributed by atoms with Crippen LogP contribution in [0.1, 0.15) is 11.1 Å². The molecule has 13 heavy (non-hydrogen) atoms. The highest BCUT2D eigenvalue weighted by Crippen LogP contribution is 2.38. The summed E-state index contributed by atoms with van der Waals surface area (Å²) in [6.45, 7) is 1.41. The van der Waals surface area contributed by atoms with Gasteiger partial charge in [-0.2, -0.15) is 13.2 Å². The van der Waals surface area contributed by atoms with Crippen molar-refractivity contribution in [3.05, 3.63) is 31.9 Å². The minimum Gasteiger partial charge on any atom is -0.166 e. The van der Waals surface area contributed by atoms with Crippen molar-refractivity contribution in [2.24, 2.45) is 0 Å². The Labute approximate surface area is 92.2 Å².